The highest BCUT2D eigenvalue weighted by atomic mass is 32.2. The molecule has 0 atom stereocenters. The SMILES string of the molecule is Cc1ccc(N(C)C)cc1.O=C1NS(=O)(=O)c2ccccc21. The predicted octanol–water partition coefficient (Wildman–Crippen LogP) is 2.18. The van der Waals surface area contributed by atoms with Crippen LogP contribution in [0.1, 0.15) is 15.9 Å². The summed E-state index contributed by atoms with van der Waals surface area (Å²) in [6.45, 7) is 2.10. The molecular weight excluding hydrogens is 300 g/mol. The summed E-state index contributed by atoms with van der Waals surface area (Å²) in [4.78, 5) is 13.2. The zero-order chi connectivity index (χ0) is 16.3. The number of hydrogen-bond acceptors (Lipinski definition) is 4. The number of nitrogens with zero attached hydrogens (tertiary/aromatic N) is 1. The van der Waals surface area contributed by atoms with Crippen LogP contribution in [0.2, 0.25) is 0 Å². The molecule has 0 spiro atoms. The lowest BCUT2D eigenvalue weighted by molar-refractivity contribution is 0.0985. The zero-order valence-electron chi connectivity index (χ0n) is 12.7. The number of anilines is 1. The lowest BCUT2D eigenvalue weighted by atomic mass is 10.2. The minimum atomic E-state index is -3.55. The van der Waals surface area contributed by atoms with Gasteiger partial charge in [-0.1, -0.05) is 29.8 Å². The quantitative estimate of drug-likeness (QED) is 0.875. The van der Waals surface area contributed by atoms with Gasteiger partial charge in [-0.3, -0.25) is 4.79 Å². The number of aryl methyl sites for hydroxylation is 1. The van der Waals surface area contributed by atoms with Gasteiger partial charge in [-0.2, -0.15) is 0 Å². The van der Waals surface area contributed by atoms with Crippen molar-refractivity contribution in [3.63, 3.8) is 0 Å². The van der Waals surface area contributed by atoms with Crippen molar-refractivity contribution in [2.24, 2.45) is 0 Å². The van der Waals surface area contributed by atoms with E-state index in [1.165, 1.54) is 23.4 Å². The van der Waals surface area contributed by atoms with E-state index in [0.29, 0.717) is 0 Å². The number of sulfonamides is 1. The van der Waals surface area contributed by atoms with Crippen molar-refractivity contribution in [1.82, 2.24) is 4.72 Å². The molecule has 1 heterocycles. The Kier molecular flexibility index (Phi) is 4.51. The lowest BCUT2D eigenvalue weighted by Crippen LogP contribution is -2.20. The molecule has 1 aliphatic rings. The van der Waals surface area contributed by atoms with Crippen molar-refractivity contribution in [3.8, 4) is 0 Å². The van der Waals surface area contributed by atoms with E-state index in [2.05, 4.69) is 36.1 Å². The van der Waals surface area contributed by atoms with E-state index in [-0.39, 0.29) is 10.5 Å². The topological polar surface area (TPSA) is 66.5 Å². The summed E-state index contributed by atoms with van der Waals surface area (Å²) >= 11 is 0. The molecule has 0 bridgehead atoms. The highest BCUT2D eigenvalue weighted by Gasteiger charge is 2.31. The van der Waals surface area contributed by atoms with E-state index >= 15 is 0 Å². The van der Waals surface area contributed by atoms with Gasteiger partial charge in [0.25, 0.3) is 15.9 Å². The molecule has 1 amide bonds. The van der Waals surface area contributed by atoms with Gasteiger partial charge in [-0.15, -0.1) is 0 Å². The van der Waals surface area contributed by atoms with Crippen molar-refractivity contribution >= 4 is 21.6 Å². The average molecular weight is 318 g/mol. The summed E-state index contributed by atoms with van der Waals surface area (Å²) in [5, 5.41) is 0. The predicted molar refractivity (Wildman–Crippen MR) is 86.6 cm³/mol. The van der Waals surface area contributed by atoms with E-state index in [1.807, 2.05) is 18.8 Å². The summed E-state index contributed by atoms with van der Waals surface area (Å²) in [6.07, 6.45) is 0. The number of carbonyl (C=O) groups excluding carboxylic acids is 1. The number of rotatable bonds is 1. The first-order valence-electron chi connectivity index (χ1n) is 6.71. The smallest absolute Gasteiger partial charge is 0.266 e. The van der Waals surface area contributed by atoms with E-state index in [0.717, 1.165) is 0 Å². The van der Waals surface area contributed by atoms with Crippen molar-refractivity contribution < 1.29 is 13.2 Å². The van der Waals surface area contributed by atoms with Crippen LogP contribution in [-0.4, -0.2) is 28.4 Å². The van der Waals surface area contributed by atoms with Gasteiger partial charge in [0.15, 0.2) is 0 Å². The van der Waals surface area contributed by atoms with Crippen LogP contribution in [0.4, 0.5) is 5.69 Å². The van der Waals surface area contributed by atoms with Crippen LogP contribution >= 0.6 is 0 Å². The van der Waals surface area contributed by atoms with Gasteiger partial charge >= 0.3 is 0 Å². The van der Waals surface area contributed by atoms with Crippen molar-refractivity contribution in [2.75, 3.05) is 19.0 Å². The molecule has 1 N–H and O–H groups in total. The molecule has 0 saturated carbocycles. The highest BCUT2D eigenvalue weighted by Crippen LogP contribution is 2.20. The maximum atomic E-state index is 11.1. The minimum Gasteiger partial charge on any atom is -0.378 e. The van der Waals surface area contributed by atoms with Crippen LogP contribution < -0.4 is 9.62 Å². The number of amides is 1. The van der Waals surface area contributed by atoms with Crippen LogP contribution in [-0.2, 0) is 10.0 Å². The van der Waals surface area contributed by atoms with Gasteiger partial charge in [-0.25, -0.2) is 13.1 Å². The largest absolute Gasteiger partial charge is 0.378 e. The Morgan fingerprint density at radius 3 is 2.09 bits per heavy atom. The minimum absolute atomic E-state index is 0.0648. The summed E-state index contributed by atoms with van der Waals surface area (Å²) in [6, 6.07) is 14.6. The van der Waals surface area contributed by atoms with E-state index in [9.17, 15) is 13.2 Å². The maximum absolute atomic E-state index is 11.1. The molecule has 2 aromatic rings. The second kappa shape index (κ2) is 6.19. The summed E-state index contributed by atoms with van der Waals surface area (Å²) in [5.41, 5.74) is 2.79. The molecule has 6 heteroatoms. The summed E-state index contributed by atoms with van der Waals surface area (Å²) in [5.74, 6) is -0.550. The van der Waals surface area contributed by atoms with Crippen LogP contribution in [0.15, 0.2) is 53.4 Å². The van der Waals surface area contributed by atoms with E-state index in [1.54, 1.807) is 12.1 Å². The molecule has 0 radical (unpaired) electrons. The van der Waals surface area contributed by atoms with Crippen LogP contribution in [0.3, 0.4) is 0 Å². The van der Waals surface area contributed by atoms with Gasteiger partial charge < -0.3 is 4.90 Å². The maximum Gasteiger partial charge on any atom is 0.266 e. The monoisotopic (exact) mass is 318 g/mol. The fraction of sp³-hybridized carbons (Fsp3) is 0.188. The number of fused-ring (bicyclic) bond motifs is 1. The normalized spacial score (nSPS) is 14.4. The third kappa shape index (κ3) is 3.46. The van der Waals surface area contributed by atoms with Gasteiger partial charge in [-0.05, 0) is 31.2 Å². The number of carbonyl (C=O) groups is 1. The molecular formula is C16H18N2O3S. The van der Waals surface area contributed by atoms with Gasteiger partial charge in [0.1, 0.15) is 4.90 Å². The first kappa shape index (κ1) is 16.0. The fourth-order valence-corrected chi connectivity index (χ4v) is 3.14. The molecule has 0 aromatic heterocycles. The number of nitrogens with one attached hydrogen (secondary N) is 1. The van der Waals surface area contributed by atoms with Crippen molar-refractivity contribution in [2.45, 2.75) is 11.8 Å². The van der Waals surface area contributed by atoms with Crippen LogP contribution in [0.5, 0.6) is 0 Å². The standard InChI is InChI=1S/C9H13N.C7H5NO3S/c1-8-4-6-9(7-5-8)10(2)3;9-7-5-3-1-2-4-6(5)12(10,11)8-7/h4-7H,1-3H3;1-4H,(H,8,9). The van der Waals surface area contributed by atoms with E-state index in [4.69, 9.17) is 0 Å². The summed E-state index contributed by atoms with van der Waals surface area (Å²) in [7, 11) is 0.538. The van der Waals surface area contributed by atoms with Gasteiger partial charge in [0, 0.05) is 19.8 Å². The van der Waals surface area contributed by atoms with Crippen molar-refractivity contribution in [1.29, 1.82) is 0 Å². The molecule has 3 rings (SSSR count). The second-order valence-electron chi connectivity index (χ2n) is 5.16. The molecule has 116 valence electrons. The number of hydrogen-bond donors (Lipinski definition) is 1. The Labute approximate surface area is 130 Å². The van der Waals surface area contributed by atoms with Gasteiger partial charge in [0.2, 0.25) is 0 Å². The first-order valence-corrected chi connectivity index (χ1v) is 8.20. The summed E-state index contributed by atoms with van der Waals surface area (Å²) < 4.78 is 24.2. The molecule has 1 aliphatic heterocycles. The molecule has 0 aliphatic carbocycles. The van der Waals surface area contributed by atoms with Crippen LogP contribution in [0.25, 0.3) is 0 Å². The Morgan fingerprint density at radius 1 is 0.955 bits per heavy atom. The third-order valence-corrected chi connectivity index (χ3v) is 4.59. The highest BCUT2D eigenvalue weighted by molar-refractivity contribution is 7.90. The third-order valence-electron chi connectivity index (χ3n) is 3.20. The van der Waals surface area contributed by atoms with Crippen molar-refractivity contribution in [3.05, 3.63) is 59.7 Å². The van der Waals surface area contributed by atoms with Gasteiger partial charge in [0.05, 0.1) is 5.56 Å². The molecule has 0 unspecified atom stereocenters. The fourth-order valence-electron chi connectivity index (χ4n) is 1.96. The van der Waals surface area contributed by atoms with E-state index < -0.39 is 15.9 Å². The van der Waals surface area contributed by atoms with Crippen LogP contribution in [0, 0.1) is 6.92 Å². The molecule has 22 heavy (non-hydrogen) atoms. The molecule has 0 saturated heterocycles. The Bertz CT molecular complexity index is 781. The molecule has 5 nitrogen and oxygen atoms in total. The lowest BCUT2D eigenvalue weighted by Gasteiger charge is -2.11. The number of benzene rings is 2. The first-order chi connectivity index (χ1) is 10.3. The Morgan fingerprint density at radius 2 is 1.55 bits per heavy atom. The Balaban J connectivity index is 0.000000164. The second-order valence-corrected chi connectivity index (χ2v) is 6.81. The average Bonchev–Trinajstić information content (AvgIpc) is 2.71. The molecule has 2 aromatic carbocycles. The zero-order valence-corrected chi connectivity index (χ0v) is 13.5. The molecule has 0 fully saturated rings. The Hall–Kier alpha value is -2.34.